The second kappa shape index (κ2) is 8.13. The fourth-order valence-electron chi connectivity index (χ4n) is 2.22. The molecule has 1 N–H and O–H groups in total. The van der Waals surface area contributed by atoms with Gasteiger partial charge in [-0.2, -0.15) is 0 Å². The maximum Gasteiger partial charge on any atom is 0.262 e. The highest BCUT2D eigenvalue weighted by Gasteiger charge is 2.17. The second-order valence-electron chi connectivity index (χ2n) is 5.61. The van der Waals surface area contributed by atoms with Crippen LogP contribution < -0.4 is 10.1 Å². The third-order valence-corrected chi connectivity index (χ3v) is 5.42. The number of benzene rings is 2. The number of nitrogens with zero attached hydrogens (tertiary/aromatic N) is 1. The van der Waals surface area contributed by atoms with E-state index in [4.69, 9.17) is 4.74 Å². The first-order chi connectivity index (χ1) is 11.8. The summed E-state index contributed by atoms with van der Waals surface area (Å²) in [6, 6.07) is 13.7. The highest BCUT2D eigenvalue weighted by molar-refractivity contribution is 7.89. The van der Waals surface area contributed by atoms with Crippen LogP contribution in [0.15, 0.2) is 53.4 Å². The van der Waals surface area contributed by atoms with E-state index in [0.29, 0.717) is 11.4 Å². The molecule has 0 heterocycles. The number of carbonyl (C=O) groups excluding carboxylic acids is 1. The quantitative estimate of drug-likeness (QED) is 0.821. The summed E-state index contributed by atoms with van der Waals surface area (Å²) < 4.78 is 31.0. The first kappa shape index (κ1) is 19.0. The third kappa shape index (κ3) is 4.80. The first-order valence-corrected chi connectivity index (χ1v) is 9.31. The molecule has 0 atom stereocenters. The minimum absolute atomic E-state index is 0.118. The van der Waals surface area contributed by atoms with Crippen LogP contribution in [0.25, 0.3) is 0 Å². The Morgan fingerprint density at radius 2 is 1.84 bits per heavy atom. The van der Waals surface area contributed by atoms with Crippen LogP contribution in [0.3, 0.4) is 0 Å². The minimum atomic E-state index is -3.55. The molecule has 1 amide bonds. The Morgan fingerprint density at radius 1 is 1.12 bits per heavy atom. The molecule has 134 valence electrons. The molecule has 0 saturated heterocycles. The lowest BCUT2D eigenvalue weighted by Crippen LogP contribution is -2.23. The number of rotatable bonds is 7. The van der Waals surface area contributed by atoms with Gasteiger partial charge in [-0.25, -0.2) is 12.7 Å². The molecule has 2 aromatic carbocycles. The number of anilines is 1. The van der Waals surface area contributed by atoms with Crippen molar-refractivity contribution in [2.24, 2.45) is 0 Å². The number of sulfonamides is 1. The van der Waals surface area contributed by atoms with Crippen molar-refractivity contribution < 1.29 is 17.9 Å². The van der Waals surface area contributed by atoms with Gasteiger partial charge in [0.1, 0.15) is 5.75 Å². The predicted molar refractivity (Wildman–Crippen MR) is 97.3 cm³/mol. The van der Waals surface area contributed by atoms with Gasteiger partial charge in [-0.1, -0.05) is 31.2 Å². The Kier molecular flexibility index (Phi) is 6.17. The Morgan fingerprint density at radius 3 is 2.52 bits per heavy atom. The van der Waals surface area contributed by atoms with Crippen LogP contribution >= 0.6 is 0 Å². The zero-order chi connectivity index (χ0) is 18.4. The summed E-state index contributed by atoms with van der Waals surface area (Å²) in [6.07, 6.45) is 0.808. The monoisotopic (exact) mass is 362 g/mol. The number of nitrogens with one attached hydrogen (secondary N) is 1. The molecule has 2 aromatic rings. The Labute approximate surface area is 148 Å². The Balaban J connectivity index is 2.04. The molecule has 7 heteroatoms. The van der Waals surface area contributed by atoms with E-state index in [2.05, 4.69) is 5.32 Å². The molecule has 0 aliphatic rings. The van der Waals surface area contributed by atoms with Crippen molar-refractivity contribution in [2.45, 2.75) is 18.2 Å². The number of ether oxygens (including phenoxy) is 1. The van der Waals surface area contributed by atoms with Gasteiger partial charge in [-0.15, -0.1) is 0 Å². The van der Waals surface area contributed by atoms with Gasteiger partial charge >= 0.3 is 0 Å². The highest BCUT2D eigenvalue weighted by Crippen LogP contribution is 2.19. The van der Waals surface area contributed by atoms with Crippen LogP contribution in [-0.4, -0.2) is 39.3 Å². The summed E-state index contributed by atoms with van der Waals surface area (Å²) in [5.41, 5.74) is 1.43. The summed E-state index contributed by atoms with van der Waals surface area (Å²) in [7, 11) is -0.633. The van der Waals surface area contributed by atoms with E-state index in [1.54, 1.807) is 12.1 Å². The number of amides is 1. The largest absolute Gasteiger partial charge is 0.483 e. The van der Waals surface area contributed by atoms with Gasteiger partial charge in [-0.05, 0) is 36.2 Å². The SMILES string of the molecule is CCc1ccccc1OCC(=O)Nc1cccc(S(=O)(=O)N(C)C)c1. The smallest absolute Gasteiger partial charge is 0.262 e. The fraction of sp³-hybridized carbons (Fsp3) is 0.278. The molecule has 0 aromatic heterocycles. The van der Waals surface area contributed by atoms with E-state index in [1.165, 1.54) is 26.2 Å². The van der Waals surface area contributed by atoms with Gasteiger partial charge in [0.05, 0.1) is 4.90 Å². The maximum absolute atomic E-state index is 12.1. The zero-order valence-electron chi connectivity index (χ0n) is 14.5. The number of aryl methyl sites for hydroxylation is 1. The molecule has 0 radical (unpaired) electrons. The van der Waals surface area contributed by atoms with Gasteiger partial charge in [0.25, 0.3) is 5.91 Å². The molecule has 0 aliphatic carbocycles. The van der Waals surface area contributed by atoms with Gasteiger partial charge in [-0.3, -0.25) is 4.79 Å². The molecular formula is C18H22N2O4S. The van der Waals surface area contributed by atoms with Crippen LogP contribution in [0.4, 0.5) is 5.69 Å². The molecule has 0 aliphatic heterocycles. The van der Waals surface area contributed by atoms with Gasteiger partial charge in [0, 0.05) is 19.8 Å². The fourth-order valence-corrected chi connectivity index (χ4v) is 3.17. The lowest BCUT2D eigenvalue weighted by atomic mass is 10.1. The van der Waals surface area contributed by atoms with Crippen molar-refractivity contribution in [2.75, 3.05) is 26.0 Å². The summed E-state index contributed by atoms with van der Waals surface area (Å²) in [5, 5.41) is 2.65. The molecule has 25 heavy (non-hydrogen) atoms. The minimum Gasteiger partial charge on any atom is -0.483 e. The number of carbonyl (C=O) groups is 1. The normalized spacial score (nSPS) is 11.4. The molecule has 6 nitrogen and oxygen atoms in total. The van der Waals surface area contributed by atoms with Crippen LogP contribution in [0, 0.1) is 0 Å². The topological polar surface area (TPSA) is 75.7 Å². The molecule has 2 rings (SSSR count). The summed E-state index contributed by atoms with van der Waals surface area (Å²) in [5.74, 6) is 0.314. The molecule has 0 saturated carbocycles. The van der Waals surface area contributed by atoms with Crippen LogP contribution in [0.1, 0.15) is 12.5 Å². The average Bonchev–Trinajstić information content (AvgIpc) is 2.60. The van der Waals surface area contributed by atoms with E-state index in [1.807, 2.05) is 31.2 Å². The lowest BCUT2D eigenvalue weighted by molar-refractivity contribution is -0.118. The Bertz CT molecular complexity index is 848. The molecule has 0 fully saturated rings. The van der Waals surface area contributed by atoms with Crippen LogP contribution in [0.5, 0.6) is 5.75 Å². The summed E-state index contributed by atoms with van der Waals surface area (Å²) in [4.78, 5) is 12.2. The van der Waals surface area contributed by atoms with E-state index in [9.17, 15) is 13.2 Å². The molecule has 0 spiro atoms. The number of para-hydroxylation sites is 1. The van der Waals surface area contributed by atoms with Gasteiger partial charge in [0.15, 0.2) is 6.61 Å². The average molecular weight is 362 g/mol. The molecular weight excluding hydrogens is 340 g/mol. The third-order valence-electron chi connectivity index (χ3n) is 3.61. The van der Waals surface area contributed by atoms with Crippen LogP contribution in [-0.2, 0) is 21.2 Å². The predicted octanol–water partition coefficient (Wildman–Crippen LogP) is 2.52. The van der Waals surface area contributed by atoms with Crippen molar-refractivity contribution in [3.8, 4) is 5.75 Å². The zero-order valence-corrected chi connectivity index (χ0v) is 15.3. The Hall–Kier alpha value is -2.38. The van der Waals surface area contributed by atoms with Crippen molar-refractivity contribution in [1.82, 2.24) is 4.31 Å². The van der Waals surface area contributed by atoms with Crippen LogP contribution in [0.2, 0.25) is 0 Å². The van der Waals surface area contributed by atoms with E-state index >= 15 is 0 Å². The van der Waals surface area contributed by atoms with Gasteiger partial charge < -0.3 is 10.1 Å². The molecule has 0 unspecified atom stereocenters. The van der Waals surface area contributed by atoms with E-state index < -0.39 is 10.0 Å². The van der Waals surface area contributed by atoms with Crippen molar-refractivity contribution in [3.63, 3.8) is 0 Å². The number of hydrogen-bond acceptors (Lipinski definition) is 4. The van der Waals surface area contributed by atoms with Crippen molar-refractivity contribution in [3.05, 3.63) is 54.1 Å². The standard InChI is InChI=1S/C18H22N2O4S/c1-4-14-8-5-6-11-17(14)24-13-18(21)19-15-9-7-10-16(12-15)25(22,23)20(2)3/h5-12H,4,13H2,1-3H3,(H,19,21). The lowest BCUT2D eigenvalue weighted by Gasteiger charge is -2.13. The van der Waals surface area contributed by atoms with Crippen molar-refractivity contribution in [1.29, 1.82) is 0 Å². The first-order valence-electron chi connectivity index (χ1n) is 7.87. The maximum atomic E-state index is 12.1. The summed E-state index contributed by atoms with van der Waals surface area (Å²) >= 11 is 0. The van der Waals surface area contributed by atoms with Crippen molar-refractivity contribution >= 4 is 21.6 Å². The number of hydrogen-bond donors (Lipinski definition) is 1. The van der Waals surface area contributed by atoms with E-state index in [-0.39, 0.29) is 17.4 Å². The van der Waals surface area contributed by atoms with Gasteiger partial charge in [0.2, 0.25) is 10.0 Å². The summed E-state index contributed by atoms with van der Waals surface area (Å²) in [6.45, 7) is 1.86. The second-order valence-corrected chi connectivity index (χ2v) is 7.77. The van der Waals surface area contributed by atoms with E-state index in [0.717, 1.165) is 16.3 Å². The molecule has 0 bridgehead atoms. The highest BCUT2D eigenvalue weighted by atomic mass is 32.2.